The molecule has 1 saturated carbocycles. The summed E-state index contributed by atoms with van der Waals surface area (Å²) in [5, 5.41) is 12.7. The predicted molar refractivity (Wildman–Crippen MR) is 122 cm³/mol. The fourth-order valence-corrected chi connectivity index (χ4v) is 6.61. The molecule has 0 N–H and O–H groups in total. The van der Waals surface area contributed by atoms with E-state index < -0.39 is 10.0 Å². The first-order valence-electron chi connectivity index (χ1n) is 11.1. The Balaban J connectivity index is 1.31. The summed E-state index contributed by atoms with van der Waals surface area (Å²) in [4.78, 5) is 14.8. The average molecular weight is 479 g/mol. The molecule has 1 aromatic heterocycles. The minimum Gasteiger partial charge on any atom is -0.339 e. The summed E-state index contributed by atoms with van der Waals surface area (Å²) >= 11 is 1.36. The van der Waals surface area contributed by atoms with Gasteiger partial charge >= 0.3 is 0 Å². The van der Waals surface area contributed by atoms with Gasteiger partial charge in [-0.3, -0.25) is 4.79 Å². The monoisotopic (exact) mass is 478 g/mol. The fourth-order valence-electron chi connectivity index (χ4n) is 4.25. The van der Waals surface area contributed by atoms with Crippen LogP contribution in [0.1, 0.15) is 49.3 Å². The Morgan fingerprint density at radius 2 is 1.78 bits per heavy atom. The quantitative estimate of drug-likeness (QED) is 0.588. The van der Waals surface area contributed by atoms with Gasteiger partial charge in [-0.25, -0.2) is 13.1 Å². The van der Waals surface area contributed by atoms with Crippen LogP contribution in [0.2, 0.25) is 0 Å². The zero-order valence-electron chi connectivity index (χ0n) is 18.6. The summed E-state index contributed by atoms with van der Waals surface area (Å²) in [6, 6.07) is 5.52. The molecule has 2 fully saturated rings. The minimum atomic E-state index is -3.56. The van der Waals surface area contributed by atoms with Gasteiger partial charge in [0.25, 0.3) is 0 Å². The smallest absolute Gasteiger partial charge is 0.243 e. The topological polar surface area (TPSA) is 101 Å². The van der Waals surface area contributed by atoms with Gasteiger partial charge in [-0.2, -0.15) is 4.31 Å². The van der Waals surface area contributed by atoms with Gasteiger partial charge in [0.1, 0.15) is 0 Å². The first kappa shape index (κ1) is 23.2. The Bertz CT molecular complexity index is 1060. The first-order valence-corrected chi connectivity index (χ1v) is 13.5. The number of aromatic nitrogens is 4. The van der Waals surface area contributed by atoms with Crippen LogP contribution in [0.5, 0.6) is 0 Å². The van der Waals surface area contributed by atoms with Gasteiger partial charge in [-0.05, 0) is 60.4 Å². The number of hydrogen-bond donors (Lipinski definition) is 0. The molecule has 0 spiro atoms. The number of thioether (sulfide) groups is 1. The van der Waals surface area contributed by atoms with E-state index in [2.05, 4.69) is 15.5 Å². The molecule has 174 valence electrons. The zero-order valence-corrected chi connectivity index (χ0v) is 20.2. The Morgan fingerprint density at radius 3 is 2.47 bits per heavy atom. The largest absolute Gasteiger partial charge is 0.339 e. The average Bonchev–Trinajstić information content (AvgIpc) is 3.28. The molecule has 1 aliphatic heterocycles. The van der Waals surface area contributed by atoms with Crippen LogP contribution in [-0.2, 0) is 14.8 Å². The SMILES string of the molecule is Cc1ccc(S(=O)(=O)N2CCN(C(=O)CSc3nnnn3C3CCCCC3)CC2)cc1C. The number of rotatable bonds is 6. The molecule has 9 nitrogen and oxygen atoms in total. The molecule has 2 aliphatic rings. The first-order chi connectivity index (χ1) is 15.4. The van der Waals surface area contributed by atoms with Crippen LogP contribution in [-0.4, -0.2) is 75.7 Å². The lowest BCUT2D eigenvalue weighted by atomic mass is 9.96. The maximum Gasteiger partial charge on any atom is 0.243 e. The molecule has 4 rings (SSSR count). The third-order valence-electron chi connectivity index (χ3n) is 6.42. The number of aryl methyl sites for hydroxylation is 2. The number of amides is 1. The lowest BCUT2D eigenvalue weighted by Gasteiger charge is -2.34. The molecule has 11 heteroatoms. The highest BCUT2D eigenvalue weighted by molar-refractivity contribution is 7.99. The zero-order chi connectivity index (χ0) is 22.7. The van der Waals surface area contributed by atoms with E-state index in [1.54, 1.807) is 17.0 Å². The highest BCUT2D eigenvalue weighted by Crippen LogP contribution is 2.30. The van der Waals surface area contributed by atoms with Crippen molar-refractivity contribution >= 4 is 27.7 Å². The second kappa shape index (κ2) is 9.88. The molecule has 0 radical (unpaired) electrons. The third kappa shape index (κ3) is 4.99. The molecule has 1 aromatic carbocycles. The Morgan fingerprint density at radius 1 is 1.06 bits per heavy atom. The third-order valence-corrected chi connectivity index (χ3v) is 9.23. The maximum atomic E-state index is 13.0. The summed E-state index contributed by atoms with van der Waals surface area (Å²) in [5.41, 5.74) is 2.01. The molecule has 2 heterocycles. The molecule has 0 bridgehead atoms. The second-order valence-corrected chi connectivity index (χ2v) is 11.4. The standard InChI is InChI=1S/C21H30N6O3S2/c1-16-8-9-19(14-17(16)2)32(29,30)26-12-10-25(11-13-26)20(28)15-31-21-22-23-24-27(21)18-6-4-3-5-7-18/h8-9,14,18H,3-7,10-13,15H2,1-2H3. The van der Waals surface area contributed by atoms with Gasteiger partial charge in [-0.15, -0.1) is 5.10 Å². The number of sulfonamides is 1. The Hall–Kier alpha value is -1.98. The van der Waals surface area contributed by atoms with Crippen LogP contribution in [0.3, 0.4) is 0 Å². The van der Waals surface area contributed by atoms with Gasteiger partial charge in [-0.1, -0.05) is 37.1 Å². The number of tetrazole rings is 1. The number of piperazine rings is 1. The van der Waals surface area contributed by atoms with Crippen molar-refractivity contribution in [3.05, 3.63) is 29.3 Å². The van der Waals surface area contributed by atoms with Gasteiger partial charge < -0.3 is 4.90 Å². The molecule has 1 amide bonds. The lowest BCUT2D eigenvalue weighted by Crippen LogP contribution is -2.51. The van der Waals surface area contributed by atoms with Crippen LogP contribution >= 0.6 is 11.8 Å². The van der Waals surface area contributed by atoms with Crippen LogP contribution in [0.4, 0.5) is 0 Å². The summed E-state index contributed by atoms with van der Waals surface area (Å²) in [5.74, 6) is 0.230. The molecular weight excluding hydrogens is 448 g/mol. The number of carbonyl (C=O) groups excluding carboxylic acids is 1. The Labute approximate surface area is 193 Å². The van der Waals surface area contributed by atoms with Crippen molar-refractivity contribution < 1.29 is 13.2 Å². The normalized spacial score (nSPS) is 18.8. The molecule has 1 saturated heterocycles. The number of hydrogen-bond acceptors (Lipinski definition) is 7. The van der Waals surface area contributed by atoms with E-state index in [1.165, 1.54) is 35.3 Å². The van der Waals surface area contributed by atoms with E-state index in [1.807, 2.05) is 24.6 Å². The van der Waals surface area contributed by atoms with Crippen LogP contribution < -0.4 is 0 Å². The maximum absolute atomic E-state index is 13.0. The molecule has 0 unspecified atom stereocenters. The van der Waals surface area contributed by atoms with Crippen molar-refractivity contribution in [2.45, 2.75) is 62.0 Å². The Kier molecular flexibility index (Phi) is 7.16. The van der Waals surface area contributed by atoms with E-state index in [4.69, 9.17) is 0 Å². The van der Waals surface area contributed by atoms with Gasteiger partial charge in [0.15, 0.2) is 0 Å². The van der Waals surface area contributed by atoms with Crippen molar-refractivity contribution in [2.75, 3.05) is 31.9 Å². The van der Waals surface area contributed by atoms with Crippen molar-refractivity contribution in [1.29, 1.82) is 0 Å². The second-order valence-electron chi connectivity index (χ2n) is 8.52. The van der Waals surface area contributed by atoms with Crippen molar-refractivity contribution in [3.8, 4) is 0 Å². The van der Waals surface area contributed by atoms with Gasteiger partial charge in [0.05, 0.1) is 16.7 Å². The molecular formula is C21H30N6O3S2. The van der Waals surface area contributed by atoms with Crippen LogP contribution in [0.15, 0.2) is 28.3 Å². The fraction of sp³-hybridized carbons (Fsp3) is 0.619. The molecule has 32 heavy (non-hydrogen) atoms. The molecule has 1 aliphatic carbocycles. The van der Waals surface area contributed by atoms with Crippen LogP contribution in [0.25, 0.3) is 0 Å². The minimum absolute atomic E-state index is 0.0172. The molecule has 0 atom stereocenters. The van der Waals surface area contributed by atoms with E-state index in [-0.39, 0.29) is 11.7 Å². The highest BCUT2D eigenvalue weighted by Gasteiger charge is 2.30. The highest BCUT2D eigenvalue weighted by atomic mass is 32.2. The van der Waals surface area contributed by atoms with E-state index in [0.717, 1.165) is 24.0 Å². The summed E-state index contributed by atoms with van der Waals surface area (Å²) < 4.78 is 29.3. The van der Waals surface area contributed by atoms with E-state index in [0.29, 0.717) is 42.3 Å². The van der Waals surface area contributed by atoms with Gasteiger partial charge in [0, 0.05) is 26.2 Å². The van der Waals surface area contributed by atoms with Gasteiger partial charge in [0.2, 0.25) is 21.1 Å². The van der Waals surface area contributed by atoms with E-state index in [9.17, 15) is 13.2 Å². The predicted octanol–water partition coefficient (Wildman–Crippen LogP) is 2.42. The number of carbonyl (C=O) groups is 1. The van der Waals surface area contributed by atoms with Crippen LogP contribution in [0, 0.1) is 13.8 Å². The van der Waals surface area contributed by atoms with Crippen molar-refractivity contribution in [1.82, 2.24) is 29.4 Å². The summed E-state index contributed by atoms with van der Waals surface area (Å²) in [6.45, 7) is 5.24. The summed E-state index contributed by atoms with van der Waals surface area (Å²) in [7, 11) is -3.56. The number of benzene rings is 1. The summed E-state index contributed by atoms with van der Waals surface area (Å²) in [6.07, 6.45) is 5.77. The van der Waals surface area contributed by atoms with Crippen molar-refractivity contribution in [3.63, 3.8) is 0 Å². The van der Waals surface area contributed by atoms with E-state index >= 15 is 0 Å². The number of nitrogens with zero attached hydrogens (tertiary/aromatic N) is 6. The molecule has 2 aromatic rings. The lowest BCUT2D eigenvalue weighted by molar-refractivity contribution is -0.129. The van der Waals surface area contributed by atoms with Crippen molar-refractivity contribution in [2.24, 2.45) is 0 Å².